The van der Waals surface area contributed by atoms with E-state index in [9.17, 15) is 4.79 Å². The Labute approximate surface area is 57.4 Å². The molecular weight excluding hydrogens is 114 g/mol. The van der Waals surface area contributed by atoms with Crippen LogP contribution in [0.3, 0.4) is 0 Å². The summed E-state index contributed by atoms with van der Waals surface area (Å²) in [7, 11) is 0. The topological polar surface area (TPSA) is 29.4 Å². The van der Waals surface area contributed by atoms with Gasteiger partial charge in [0, 0.05) is 0 Å². The van der Waals surface area contributed by atoms with E-state index in [0.29, 0.717) is 6.42 Å². The van der Waals surface area contributed by atoms with Gasteiger partial charge in [-0.1, -0.05) is 26.2 Å². The Morgan fingerprint density at radius 1 is 1.56 bits per heavy atom. The Hall–Kier alpha value is -0.620. The molecule has 52 valence electrons. The highest BCUT2D eigenvalue weighted by Crippen LogP contribution is 1.97. The van der Waals surface area contributed by atoms with Crippen molar-refractivity contribution in [2.75, 3.05) is 6.52 Å². The molecule has 0 N–H and O–H groups in total. The third-order valence-corrected chi connectivity index (χ3v) is 1.08. The Balaban J connectivity index is 3.21. The molecule has 0 bridgehead atoms. The van der Waals surface area contributed by atoms with Crippen LogP contribution in [0, 0.1) is 0 Å². The summed E-state index contributed by atoms with van der Waals surface area (Å²) >= 11 is 0. The fraction of sp³-hybridized carbons (Fsp3) is 0.857. The third kappa shape index (κ3) is 7.38. The molecule has 0 saturated carbocycles. The van der Waals surface area contributed by atoms with Crippen molar-refractivity contribution in [1.82, 2.24) is 0 Å². The van der Waals surface area contributed by atoms with Gasteiger partial charge in [0.2, 0.25) is 6.08 Å². The second-order valence-corrected chi connectivity index (χ2v) is 1.90. The van der Waals surface area contributed by atoms with Crippen molar-refractivity contribution in [2.45, 2.75) is 32.6 Å². The van der Waals surface area contributed by atoms with E-state index in [-0.39, 0.29) is 0 Å². The molecule has 2 heteroatoms. The average Bonchev–Trinajstić information content (AvgIpc) is 1.89. The number of hydrogen-bond acceptors (Lipinski definition) is 2. The summed E-state index contributed by atoms with van der Waals surface area (Å²) in [6.45, 7) is 1.52. The van der Waals surface area contributed by atoms with E-state index in [1.807, 2.05) is 0 Å². The van der Waals surface area contributed by atoms with Crippen molar-refractivity contribution in [3.05, 3.63) is 0 Å². The van der Waals surface area contributed by atoms with Crippen LogP contribution in [0.1, 0.15) is 34.0 Å². The number of unbranched alkanes of at least 4 members (excludes halogenated alkanes) is 2. The monoisotopic (exact) mass is 128 g/mol. The molecule has 0 rings (SSSR count). The van der Waals surface area contributed by atoms with Gasteiger partial charge in [0.25, 0.3) is 0 Å². The first-order valence-corrected chi connectivity index (χ1v) is 3.30. The highest BCUT2D eigenvalue weighted by molar-refractivity contribution is 5.32. The van der Waals surface area contributed by atoms with Gasteiger partial charge in [0.05, 0.1) is 7.89 Å². The molecule has 9 heavy (non-hydrogen) atoms. The molecule has 0 aromatic heterocycles. The van der Waals surface area contributed by atoms with Crippen LogP contribution in [0.15, 0.2) is 4.99 Å². The van der Waals surface area contributed by atoms with Crippen molar-refractivity contribution >= 4 is 6.08 Å². The number of carbonyl (C=O) groups excluding carboxylic acids is 1. The lowest BCUT2D eigenvalue weighted by atomic mass is 10.2. The lowest BCUT2D eigenvalue weighted by molar-refractivity contribution is 0.561. The van der Waals surface area contributed by atoms with E-state index < -0.39 is 6.52 Å². The second-order valence-electron chi connectivity index (χ2n) is 1.90. The Morgan fingerprint density at radius 2 is 2.33 bits per heavy atom. The lowest BCUT2D eigenvalue weighted by Crippen LogP contribution is -1.79. The van der Waals surface area contributed by atoms with E-state index in [1.165, 1.54) is 6.08 Å². The van der Waals surface area contributed by atoms with Gasteiger partial charge in [0.15, 0.2) is 0 Å². The summed E-state index contributed by atoms with van der Waals surface area (Å²) < 4.78 is 7.12. The van der Waals surface area contributed by atoms with Gasteiger partial charge < -0.3 is 0 Å². The number of hydrogen-bond donors (Lipinski definition) is 0. The van der Waals surface area contributed by atoms with Crippen LogP contribution < -0.4 is 0 Å². The van der Waals surface area contributed by atoms with Crippen molar-refractivity contribution in [3.8, 4) is 0 Å². The summed E-state index contributed by atoms with van der Waals surface area (Å²) in [5.41, 5.74) is 0. The highest BCUT2D eigenvalue weighted by Gasteiger charge is 1.83. The van der Waals surface area contributed by atoms with Crippen molar-refractivity contribution < 1.29 is 6.17 Å². The van der Waals surface area contributed by atoms with Gasteiger partial charge >= 0.3 is 0 Å². The number of rotatable bonds is 5. The molecular formula is C7H13NO. The van der Waals surface area contributed by atoms with E-state index in [4.69, 9.17) is 1.37 Å². The fourth-order valence-electron chi connectivity index (χ4n) is 0.587. The van der Waals surface area contributed by atoms with Crippen molar-refractivity contribution in [1.29, 1.82) is 0 Å². The van der Waals surface area contributed by atoms with Crippen molar-refractivity contribution in [3.63, 3.8) is 0 Å². The summed E-state index contributed by atoms with van der Waals surface area (Å²) in [6, 6.07) is 0. The van der Waals surface area contributed by atoms with Crippen LogP contribution in [-0.2, 0) is 4.79 Å². The second kappa shape index (κ2) is 7.38. The molecule has 0 fully saturated rings. The minimum absolute atomic E-state index is 0.580. The van der Waals surface area contributed by atoms with Gasteiger partial charge in [-0.25, -0.2) is 9.79 Å². The zero-order chi connectivity index (χ0) is 7.82. The molecule has 0 aromatic carbocycles. The predicted molar refractivity (Wildman–Crippen MR) is 37.1 cm³/mol. The molecule has 1 unspecified atom stereocenters. The maximum atomic E-state index is 9.64. The molecule has 0 aliphatic heterocycles. The van der Waals surface area contributed by atoms with E-state index in [0.717, 1.165) is 19.3 Å². The summed E-state index contributed by atoms with van der Waals surface area (Å²) in [5, 5.41) is 0. The largest absolute Gasteiger partial charge is 0.234 e. The van der Waals surface area contributed by atoms with Crippen LogP contribution in [0.25, 0.3) is 0 Å². The van der Waals surface area contributed by atoms with Gasteiger partial charge in [-0.05, 0) is 6.42 Å². The number of aliphatic imine (C=N–C) groups is 1. The minimum atomic E-state index is -0.580. The van der Waals surface area contributed by atoms with Crippen LogP contribution in [0.2, 0.25) is 0 Å². The lowest BCUT2D eigenvalue weighted by Gasteiger charge is -1.90. The maximum Gasteiger partial charge on any atom is 0.234 e. The van der Waals surface area contributed by atoms with Crippen LogP contribution >= 0.6 is 0 Å². The minimum Gasteiger partial charge on any atom is -0.211 e. The Bertz CT molecular complexity index is 121. The maximum absolute atomic E-state index is 9.64. The fourth-order valence-corrected chi connectivity index (χ4v) is 0.587. The average molecular weight is 128 g/mol. The predicted octanol–water partition coefficient (Wildman–Crippen LogP) is 1.90. The van der Waals surface area contributed by atoms with Gasteiger partial charge in [-0.15, -0.1) is 0 Å². The van der Waals surface area contributed by atoms with Gasteiger partial charge in [0.1, 0.15) is 0 Å². The van der Waals surface area contributed by atoms with Gasteiger partial charge in [-0.2, -0.15) is 0 Å². The Morgan fingerprint density at radius 3 is 2.89 bits per heavy atom. The normalized spacial score (nSPS) is 13.7. The standard InChI is InChI=1S/C7H13NO/c1-2-3-4-5-6-8-7-9/h2-6H2,1H3/i6D. The van der Waals surface area contributed by atoms with E-state index in [2.05, 4.69) is 11.9 Å². The number of nitrogens with zero attached hydrogens (tertiary/aromatic N) is 1. The molecule has 0 spiro atoms. The highest BCUT2D eigenvalue weighted by atomic mass is 16.1. The first-order chi connectivity index (χ1) is 4.81. The van der Waals surface area contributed by atoms with E-state index >= 15 is 0 Å². The summed E-state index contributed by atoms with van der Waals surface area (Å²) in [5.74, 6) is 0. The summed E-state index contributed by atoms with van der Waals surface area (Å²) in [4.78, 5) is 12.9. The molecule has 0 heterocycles. The first kappa shape index (κ1) is 6.50. The molecule has 0 aromatic rings. The van der Waals surface area contributed by atoms with E-state index in [1.54, 1.807) is 0 Å². The molecule has 0 aliphatic carbocycles. The number of isocyanates is 1. The third-order valence-electron chi connectivity index (χ3n) is 1.08. The SMILES string of the molecule is [2H]C(CCCCC)N=C=O. The molecule has 0 radical (unpaired) electrons. The molecule has 1 atom stereocenters. The van der Waals surface area contributed by atoms with Gasteiger partial charge in [-0.3, -0.25) is 0 Å². The Kier molecular flexibility index (Phi) is 5.33. The van der Waals surface area contributed by atoms with Crippen LogP contribution in [0.4, 0.5) is 0 Å². The first-order valence-electron chi connectivity index (χ1n) is 3.88. The molecule has 2 nitrogen and oxygen atoms in total. The smallest absolute Gasteiger partial charge is 0.211 e. The molecule has 0 aliphatic rings. The van der Waals surface area contributed by atoms with Crippen LogP contribution in [-0.4, -0.2) is 12.6 Å². The zero-order valence-electron chi connectivity index (χ0n) is 6.76. The van der Waals surface area contributed by atoms with Crippen LogP contribution in [0.5, 0.6) is 0 Å². The molecule has 0 amide bonds. The molecule has 0 saturated heterocycles. The summed E-state index contributed by atoms with van der Waals surface area (Å²) in [6.07, 6.45) is 5.30. The zero-order valence-corrected chi connectivity index (χ0v) is 5.76. The quantitative estimate of drug-likeness (QED) is 0.316. The van der Waals surface area contributed by atoms with Crippen molar-refractivity contribution in [2.24, 2.45) is 4.99 Å².